The molecule has 3 heteroatoms. The molecule has 1 atom stereocenters. The van der Waals surface area contributed by atoms with Crippen molar-refractivity contribution in [2.75, 3.05) is 18.5 Å². The van der Waals surface area contributed by atoms with Crippen molar-refractivity contribution < 1.29 is 4.79 Å². The predicted molar refractivity (Wildman–Crippen MR) is 65.5 cm³/mol. The summed E-state index contributed by atoms with van der Waals surface area (Å²) in [5.74, 6) is 0.187. The van der Waals surface area contributed by atoms with Crippen LogP contribution in [0.4, 0.5) is 5.69 Å². The van der Waals surface area contributed by atoms with Gasteiger partial charge in [-0.15, -0.1) is 0 Å². The van der Waals surface area contributed by atoms with Crippen molar-refractivity contribution in [3.05, 3.63) is 29.8 Å². The maximum atomic E-state index is 11.8. The molecule has 0 bridgehead atoms. The normalized spacial score (nSPS) is 19.8. The molecule has 0 fully saturated rings. The van der Waals surface area contributed by atoms with E-state index in [4.69, 9.17) is 0 Å². The molecule has 1 aromatic carbocycles. The van der Waals surface area contributed by atoms with E-state index in [1.54, 1.807) is 4.90 Å². The fraction of sp³-hybridized carbons (Fsp3) is 0.462. The zero-order valence-electron chi connectivity index (χ0n) is 9.86. The highest BCUT2D eigenvalue weighted by Crippen LogP contribution is 2.33. The Morgan fingerprint density at radius 2 is 2.19 bits per heavy atom. The first-order valence-corrected chi connectivity index (χ1v) is 5.83. The van der Waals surface area contributed by atoms with Crippen LogP contribution in [0, 0.1) is 0 Å². The molecule has 1 aliphatic heterocycles. The van der Waals surface area contributed by atoms with E-state index in [0.717, 1.165) is 18.7 Å². The second-order valence-corrected chi connectivity index (χ2v) is 4.22. The van der Waals surface area contributed by atoms with Gasteiger partial charge in [0.1, 0.15) is 0 Å². The van der Waals surface area contributed by atoms with Crippen molar-refractivity contribution in [1.29, 1.82) is 0 Å². The van der Waals surface area contributed by atoms with Gasteiger partial charge in [-0.1, -0.05) is 25.1 Å². The monoisotopic (exact) mass is 218 g/mol. The summed E-state index contributed by atoms with van der Waals surface area (Å²) in [5.41, 5.74) is 2.27. The number of fused-ring (bicyclic) bond motifs is 1. The van der Waals surface area contributed by atoms with E-state index in [-0.39, 0.29) is 11.9 Å². The third kappa shape index (κ3) is 1.95. The molecule has 1 amide bonds. The number of benzene rings is 1. The van der Waals surface area contributed by atoms with Crippen LogP contribution < -0.4 is 10.2 Å². The number of nitrogens with zero attached hydrogens (tertiary/aromatic N) is 1. The van der Waals surface area contributed by atoms with Gasteiger partial charge in [0.2, 0.25) is 5.91 Å². The van der Waals surface area contributed by atoms with Crippen LogP contribution in [0.5, 0.6) is 0 Å². The highest BCUT2D eigenvalue weighted by atomic mass is 16.2. The smallest absolute Gasteiger partial charge is 0.228 e. The maximum Gasteiger partial charge on any atom is 0.228 e. The SMILES string of the molecule is CCCNC1CC(=O)N(C)c2ccccc21. The van der Waals surface area contributed by atoms with Crippen LogP contribution in [0.2, 0.25) is 0 Å². The van der Waals surface area contributed by atoms with Crippen LogP contribution >= 0.6 is 0 Å². The second kappa shape index (κ2) is 4.66. The molecule has 0 aromatic heterocycles. The van der Waals surface area contributed by atoms with Crippen molar-refractivity contribution in [2.24, 2.45) is 0 Å². The molecule has 3 nitrogen and oxygen atoms in total. The molecule has 0 radical (unpaired) electrons. The quantitative estimate of drug-likeness (QED) is 0.842. The highest BCUT2D eigenvalue weighted by molar-refractivity contribution is 5.96. The number of hydrogen-bond donors (Lipinski definition) is 1. The van der Waals surface area contributed by atoms with Crippen LogP contribution in [-0.4, -0.2) is 19.5 Å². The first-order valence-electron chi connectivity index (χ1n) is 5.83. The minimum absolute atomic E-state index is 0.180. The van der Waals surface area contributed by atoms with Crippen molar-refractivity contribution >= 4 is 11.6 Å². The molecule has 1 unspecified atom stereocenters. The summed E-state index contributed by atoms with van der Waals surface area (Å²) in [5, 5.41) is 3.43. The molecule has 1 aliphatic rings. The van der Waals surface area contributed by atoms with E-state index in [9.17, 15) is 4.79 Å². The van der Waals surface area contributed by atoms with Gasteiger partial charge >= 0.3 is 0 Å². The molecule has 16 heavy (non-hydrogen) atoms. The van der Waals surface area contributed by atoms with E-state index >= 15 is 0 Å². The molecule has 0 saturated heterocycles. The number of anilines is 1. The number of carbonyl (C=O) groups excluding carboxylic acids is 1. The lowest BCUT2D eigenvalue weighted by Crippen LogP contribution is -2.38. The Labute approximate surface area is 96.5 Å². The number of para-hydroxylation sites is 1. The van der Waals surface area contributed by atoms with E-state index in [1.165, 1.54) is 5.56 Å². The van der Waals surface area contributed by atoms with Gasteiger partial charge in [-0.25, -0.2) is 0 Å². The third-order valence-electron chi connectivity index (χ3n) is 3.07. The Morgan fingerprint density at radius 3 is 2.94 bits per heavy atom. The molecule has 0 saturated carbocycles. The van der Waals surface area contributed by atoms with Crippen LogP contribution in [-0.2, 0) is 4.79 Å². The standard InChI is InChI=1S/C13H18N2O/c1-3-8-14-11-9-13(16)15(2)12-7-5-4-6-10(11)12/h4-7,11,14H,3,8-9H2,1-2H3. The van der Waals surface area contributed by atoms with Gasteiger partial charge in [0.25, 0.3) is 0 Å². The average molecular weight is 218 g/mol. The lowest BCUT2D eigenvalue weighted by Gasteiger charge is -2.32. The summed E-state index contributed by atoms with van der Waals surface area (Å²) < 4.78 is 0. The van der Waals surface area contributed by atoms with Gasteiger partial charge in [-0.3, -0.25) is 4.79 Å². The number of rotatable bonds is 3. The van der Waals surface area contributed by atoms with Gasteiger partial charge in [0.05, 0.1) is 0 Å². The van der Waals surface area contributed by atoms with Crippen LogP contribution in [0.25, 0.3) is 0 Å². The Morgan fingerprint density at radius 1 is 1.44 bits per heavy atom. The van der Waals surface area contributed by atoms with E-state index in [1.807, 2.05) is 25.2 Å². The molecule has 0 aliphatic carbocycles. The summed E-state index contributed by atoms with van der Waals surface area (Å²) >= 11 is 0. The van der Waals surface area contributed by atoms with E-state index in [2.05, 4.69) is 18.3 Å². The first kappa shape index (κ1) is 11.1. The second-order valence-electron chi connectivity index (χ2n) is 4.22. The van der Waals surface area contributed by atoms with Crippen molar-refractivity contribution in [1.82, 2.24) is 5.32 Å². The van der Waals surface area contributed by atoms with Crippen molar-refractivity contribution in [3.8, 4) is 0 Å². The molecule has 1 heterocycles. The Hall–Kier alpha value is -1.35. The minimum atomic E-state index is 0.180. The van der Waals surface area contributed by atoms with Gasteiger partial charge in [0.15, 0.2) is 0 Å². The first-order chi connectivity index (χ1) is 7.74. The van der Waals surface area contributed by atoms with Crippen LogP contribution in [0.1, 0.15) is 31.4 Å². The molecular weight excluding hydrogens is 200 g/mol. The fourth-order valence-electron chi connectivity index (χ4n) is 2.14. The summed E-state index contributed by atoms with van der Waals surface area (Å²) in [6.07, 6.45) is 1.65. The molecule has 1 N–H and O–H groups in total. The molecular formula is C13H18N2O. The Kier molecular flexibility index (Phi) is 3.25. The van der Waals surface area contributed by atoms with Crippen LogP contribution in [0.15, 0.2) is 24.3 Å². The summed E-state index contributed by atoms with van der Waals surface area (Å²) in [6, 6.07) is 8.30. The van der Waals surface area contributed by atoms with Crippen molar-refractivity contribution in [3.63, 3.8) is 0 Å². The lowest BCUT2D eigenvalue weighted by molar-refractivity contribution is -0.119. The number of nitrogens with one attached hydrogen (secondary N) is 1. The van der Waals surface area contributed by atoms with Crippen molar-refractivity contribution in [2.45, 2.75) is 25.8 Å². The maximum absolute atomic E-state index is 11.8. The fourth-order valence-corrected chi connectivity index (χ4v) is 2.14. The summed E-state index contributed by atoms with van der Waals surface area (Å²) in [4.78, 5) is 13.6. The molecule has 1 aromatic rings. The van der Waals surface area contributed by atoms with Gasteiger partial charge < -0.3 is 10.2 Å². The largest absolute Gasteiger partial charge is 0.315 e. The number of carbonyl (C=O) groups is 1. The zero-order valence-corrected chi connectivity index (χ0v) is 9.86. The van der Waals surface area contributed by atoms with Gasteiger partial charge in [-0.05, 0) is 24.6 Å². The molecule has 86 valence electrons. The molecule has 2 rings (SSSR count). The van der Waals surface area contributed by atoms with Crippen LogP contribution in [0.3, 0.4) is 0 Å². The summed E-state index contributed by atoms with van der Waals surface area (Å²) in [6.45, 7) is 3.09. The topological polar surface area (TPSA) is 32.3 Å². The minimum Gasteiger partial charge on any atom is -0.315 e. The zero-order chi connectivity index (χ0) is 11.5. The Balaban J connectivity index is 2.29. The van der Waals surface area contributed by atoms with Gasteiger partial charge in [0, 0.05) is 25.2 Å². The number of amides is 1. The lowest BCUT2D eigenvalue weighted by atomic mass is 9.96. The average Bonchev–Trinajstić information content (AvgIpc) is 2.32. The van der Waals surface area contributed by atoms with Gasteiger partial charge in [-0.2, -0.15) is 0 Å². The number of hydrogen-bond acceptors (Lipinski definition) is 2. The third-order valence-corrected chi connectivity index (χ3v) is 3.07. The van der Waals surface area contributed by atoms with E-state index in [0.29, 0.717) is 6.42 Å². The highest BCUT2D eigenvalue weighted by Gasteiger charge is 2.27. The summed E-state index contributed by atoms with van der Waals surface area (Å²) in [7, 11) is 1.84. The molecule has 0 spiro atoms. The predicted octanol–water partition coefficient (Wildman–Crippen LogP) is 2.09. The van der Waals surface area contributed by atoms with E-state index < -0.39 is 0 Å². The Bertz CT molecular complexity index is 389.